The predicted octanol–water partition coefficient (Wildman–Crippen LogP) is 2.74. The monoisotopic (exact) mass is 267 g/mol. The van der Waals surface area contributed by atoms with Crippen LogP contribution in [0.3, 0.4) is 0 Å². The van der Waals surface area contributed by atoms with Crippen LogP contribution in [0.2, 0.25) is 0 Å². The van der Waals surface area contributed by atoms with E-state index < -0.39 is 0 Å². The third-order valence-corrected chi connectivity index (χ3v) is 4.88. The highest BCUT2D eigenvalue weighted by atomic mass is 32.1. The summed E-state index contributed by atoms with van der Waals surface area (Å²) in [7, 11) is 0. The van der Waals surface area contributed by atoms with Crippen LogP contribution in [0.15, 0.2) is 5.38 Å². The number of piperidine rings is 1. The SMILES string of the molecule is Cc1scc(C(=O)N2CCCCC2CCO)c1C. The zero-order valence-electron chi connectivity index (χ0n) is 11.1. The van der Waals surface area contributed by atoms with Gasteiger partial charge < -0.3 is 10.0 Å². The fourth-order valence-electron chi connectivity index (χ4n) is 2.60. The minimum Gasteiger partial charge on any atom is -0.396 e. The first-order valence-corrected chi connectivity index (χ1v) is 7.49. The number of hydrogen-bond acceptors (Lipinski definition) is 3. The molecule has 0 radical (unpaired) electrons. The normalized spacial score (nSPS) is 20.2. The molecule has 0 aromatic carbocycles. The third kappa shape index (κ3) is 2.59. The van der Waals surface area contributed by atoms with E-state index in [2.05, 4.69) is 6.92 Å². The number of hydrogen-bond donors (Lipinski definition) is 1. The molecule has 0 saturated carbocycles. The summed E-state index contributed by atoms with van der Waals surface area (Å²) >= 11 is 1.64. The standard InChI is InChI=1S/C14H21NO2S/c1-10-11(2)18-9-13(10)14(17)15-7-4-3-5-12(15)6-8-16/h9,12,16H,3-8H2,1-2H3. The number of thiophene rings is 1. The molecule has 1 fully saturated rings. The van der Waals surface area contributed by atoms with Crippen molar-refractivity contribution in [2.24, 2.45) is 0 Å². The van der Waals surface area contributed by atoms with Gasteiger partial charge in [-0.15, -0.1) is 11.3 Å². The van der Waals surface area contributed by atoms with Gasteiger partial charge in [0.1, 0.15) is 0 Å². The van der Waals surface area contributed by atoms with Crippen LogP contribution >= 0.6 is 11.3 Å². The summed E-state index contributed by atoms with van der Waals surface area (Å²) in [5.74, 6) is 0.148. The summed E-state index contributed by atoms with van der Waals surface area (Å²) < 4.78 is 0. The molecule has 1 aliphatic heterocycles. The number of nitrogens with zero attached hydrogens (tertiary/aromatic N) is 1. The van der Waals surface area contributed by atoms with E-state index in [1.807, 2.05) is 17.2 Å². The Labute approximate surface area is 112 Å². The minimum absolute atomic E-state index is 0.148. The lowest BCUT2D eigenvalue weighted by Crippen LogP contribution is -2.44. The molecule has 2 heterocycles. The van der Waals surface area contributed by atoms with Gasteiger partial charge in [0.15, 0.2) is 0 Å². The highest BCUT2D eigenvalue weighted by molar-refractivity contribution is 7.10. The highest BCUT2D eigenvalue weighted by Gasteiger charge is 2.28. The maximum Gasteiger partial charge on any atom is 0.255 e. The molecule has 3 nitrogen and oxygen atoms in total. The number of rotatable bonds is 3. The largest absolute Gasteiger partial charge is 0.396 e. The van der Waals surface area contributed by atoms with E-state index in [0.717, 1.165) is 36.9 Å². The van der Waals surface area contributed by atoms with Crippen molar-refractivity contribution in [3.63, 3.8) is 0 Å². The molecule has 1 aromatic rings. The number of amides is 1. The molecule has 0 spiro atoms. The van der Waals surface area contributed by atoms with Gasteiger partial charge in [-0.05, 0) is 45.1 Å². The zero-order chi connectivity index (χ0) is 13.1. The Morgan fingerprint density at radius 2 is 2.28 bits per heavy atom. The maximum absolute atomic E-state index is 12.6. The van der Waals surface area contributed by atoms with Crippen molar-refractivity contribution in [1.82, 2.24) is 4.90 Å². The molecule has 1 aromatic heterocycles. The first-order valence-electron chi connectivity index (χ1n) is 6.61. The zero-order valence-corrected chi connectivity index (χ0v) is 11.9. The van der Waals surface area contributed by atoms with Crippen molar-refractivity contribution in [2.45, 2.75) is 45.6 Å². The van der Waals surface area contributed by atoms with E-state index in [4.69, 9.17) is 5.11 Å². The fraction of sp³-hybridized carbons (Fsp3) is 0.643. The Bertz CT molecular complexity index is 425. The van der Waals surface area contributed by atoms with Crippen LogP contribution in [0.25, 0.3) is 0 Å². The summed E-state index contributed by atoms with van der Waals surface area (Å²) in [6.07, 6.45) is 3.97. The molecule has 18 heavy (non-hydrogen) atoms. The number of aliphatic hydroxyl groups excluding tert-OH is 1. The van der Waals surface area contributed by atoms with Gasteiger partial charge in [-0.25, -0.2) is 0 Å². The van der Waals surface area contributed by atoms with Crippen LogP contribution in [0.1, 0.15) is 46.5 Å². The van der Waals surface area contributed by atoms with Gasteiger partial charge in [-0.1, -0.05) is 0 Å². The van der Waals surface area contributed by atoms with Gasteiger partial charge in [-0.3, -0.25) is 4.79 Å². The van der Waals surface area contributed by atoms with Gasteiger partial charge in [0.25, 0.3) is 5.91 Å². The molecule has 2 rings (SSSR count). The fourth-order valence-corrected chi connectivity index (χ4v) is 3.46. The van der Waals surface area contributed by atoms with Crippen molar-refractivity contribution >= 4 is 17.2 Å². The Morgan fingerprint density at radius 3 is 2.89 bits per heavy atom. The maximum atomic E-state index is 12.6. The molecule has 1 atom stereocenters. The van der Waals surface area contributed by atoms with Gasteiger partial charge in [0.2, 0.25) is 0 Å². The number of likely N-dealkylation sites (tertiary alicyclic amines) is 1. The van der Waals surface area contributed by atoms with Gasteiger partial charge in [0.05, 0.1) is 5.56 Å². The van der Waals surface area contributed by atoms with Crippen molar-refractivity contribution in [3.05, 3.63) is 21.4 Å². The minimum atomic E-state index is 0.148. The lowest BCUT2D eigenvalue weighted by Gasteiger charge is -2.35. The molecule has 0 aliphatic carbocycles. The molecule has 100 valence electrons. The molecular weight excluding hydrogens is 246 g/mol. The summed E-state index contributed by atoms with van der Waals surface area (Å²) in [5.41, 5.74) is 1.96. The van der Waals surface area contributed by atoms with E-state index in [0.29, 0.717) is 6.42 Å². The Hall–Kier alpha value is -0.870. The summed E-state index contributed by atoms with van der Waals surface area (Å²) in [6.45, 7) is 5.07. The second-order valence-electron chi connectivity index (χ2n) is 4.99. The number of aliphatic hydroxyl groups is 1. The molecule has 1 saturated heterocycles. The van der Waals surface area contributed by atoms with Crippen LogP contribution in [0, 0.1) is 13.8 Å². The second-order valence-corrected chi connectivity index (χ2v) is 6.07. The lowest BCUT2D eigenvalue weighted by molar-refractivity contribution is 0.0574. The van der Waals surface area contributed by atoms with Crippen molar-refractivity contribution in [2.75, 3.05) is 13.2 Å². The lowest BCUT2D eigenvalue weighted by atomic mass is 9.98. The first-order chi connectivity index (χ1) is 8.65. The average Bonchev–Trinajstić information content (AvgIpc) is 2.70. The second kappa shape index (κ2) is 5.85. The van der Waals surface area contributed by atoms with E-state index in [-0.39, 0.29) is 18.6 Å². The summed E-state index contributed by atoms with van der Waals surface area (Å²) in [5, 5.41) is 11.1. The number of carbonyl (C=O) groups is 1. The number of aryl methyl sites for hydroxylation is 1. The van der Waals surface area contributed by atoms with Gasteiger partial charge >= 0.3 is 0 Å². The van der Waals surface area contributed by atoms with Gasteiger partial charge in [0, 0.05) is 29.5 Å². The third-order valence-electron chi connectivity index (χ3n) is 3.87. The molecular formula is C14H21NO2S. The van der Waals surface area contributed by atoms with Crippen LogP contribution in [-0.2, 0) is 0 Å². The van der Waals surface area contributed by atoms with Crippen molar-refractivity contribution in [1.29, 1.82) is 0 Å². The predicted molar refractivity (Wildman–Crippen MR) is 74.2 cm³/mol. The van der Waals surface area contributed by atoms with E-state index in [1.165, 1.54) is 4.88 Å². The van der Waals surface area contributed by atoms with Crippen LogP contribution < -0.4 is 0 Å². The average molecular weight is 267 g/mol. The summed E-state index contributed by atoms with van der Waals surface area (Å²) in [4.78, 5) is 15.8. The Balaban J connectivity index is 2.18. The molecule has 1 unspecified atom stereocenters. The number of carbonyl (C=O) groups excluding carboxylic acids is 1. The van der Waals surface area contributed by atoms with Crippen LogP contribution in [0.4, 0.5) is 0 Å². The molecule has 1 aliphatic rings. The first kappa shape index (κ1) is 13.6. The van der Waals surface area contributed by atoms with E-state index >= 15 is 0 Å². The molecule has 0 bridgehead atoms. The topological polar surface area (TPSA) is 40.5 Å². The van der Waals surface area contributed by atoms with Crippen LogP contribution in [-0.4, -0.2) is 35.1 Å². The highest BCUT2D eigenvalue weighted by Crippen LogP contribution is 2.26. The van der Waals surface area contributed by atoms with Crippen molar-refractivity contribution < 1.29 is 9.90 Å². The smallest absolute Gasteiger partial charge is 0.255 e. The van der Waals surface area contributed by atoms with Gasteiger partial charge in [-0.2, -0.15) is 0 Å². The van der Waals surface area contributed by atoms with Crippen molar-refractivity contribution in [3.8, 4) is 0 Å². The van der Waals surface area contributed by atoms with E-state index in [1.54, 1.807) is 11.3 Å². The Kier molecular flexibility index (Phi) is 4.40. The molecule has 4 heteroatoms. The quantitative estimate of drug-likeness (QED) is 0.915. The molecule has 1 N–H and O–H groups in total. The van der Waals surface area contributed by atoms with Crippen LogP contribution in [0.5, 0.6) is 0 Å². The van der Waals surface area contributed by atoms with E-state index in [9.17, 15) is 4.79 Å². The summed E-state index contributed by atoms with van der Waals surface area (Å²) in [6, 6.07) is 0.218. The molecule has 1 amide bonds. The Morgan fingerprint density at radius 1 is 1.50 bits per heavy atom.